The van der Waals surface area contributed by atoms with E-state index in [-0.39, 0.29) is 22.1 Å². The van der Waals surface area contributed by atoms with Gasteiger partial charge in [0.15, 0.2) is 11.6 Å². The number of amides is 1. The smallest absolute Gasteiger partial charge is 0.274 e. The number of rotatable bonds is 3. The fraction of sp³-hybridized carbons (Fsp3) is 0.0588. The number of nitrogens with one attached hydrogen (secondary N) is 1. The maximum Gasteiger partial charge on any atom is 0.274 e. The van der Waals surface area contributed by atoms with E-state index in [2.05, 4.69) is 31.3 Å². The maximum absolute atomic E-state index is 14.2. The number of nitriles is 1. The molecule has 27 heavy (non-hydrogen) atoms. The number of aromatic nitrogens is 3. The Morgan fingerprint density at radius 1 is 1.30 bits per heavy atom. The Kier molecular flexibility index (Phi) is 5.46. The van der Waals surface area contributed by atoms with Crippen molar-refractivity contribution >= 4 is 50.7 Å². The Balaban J connectivity index is 2.04. The first-order valence-electron chi connectivity index (χ1n) is 7.38. The van der Waals surface area contributed by atoms with E-state index in [1.807, 2.05) is 6.07 Å². The van der Waals surface area contributed by atoms with Crippen LogP contribution in [0.1, 0.15) is 21.6 Å². The Hall–Kier alpha value is -2.47. The molecule has 0 saturated heterocycles. The third kappa shape index (κ3) is 3.95. The van der Waals surface area contributed by atoms with Crippen molar-refractivity contribution in [3.05, 3.63) is 67.7 Å². The minimum atomic E-state index is -0.743. The van der Waals surface area contributed by atoms with Crippen LogP contribution in [0.2, 0.25) is 10.0 Å². The molecule has 1 amide bonds. The molecule has 2 heterocycles. The van der Waals surface area contributed by atoms with Gasteiger partial charge in [-0.1, -0.05) is 23.2 Å². The number of aryl methyl sites for hydroxylation is 1. The molecule has 0 aliphatic heterocycles. The van der Waals surface area contributed by atoms with Crippen LogP contribution in [0.25, 0.3) is 5.82 Å². The van der Waals surface area contributed by atoms with Gasteiger partial charge in [-0.3, -0.25) is 4.79 Å². The number of hydrogen-bond acceptors (Lipinski definition) is 4. The van der Waals surface area contributed by atoms with E-state index in [1.165, 1.54) is 18.3 Å². The lowest BCUT2D eigenvalue weighted by Crippen LogP contribution is -2.19. The summed E-state index contributed by atoms with van der Waals surface area (Å²) in [6.45, 7) is 1.70. The van der Waals surface area contributed by atoms with E-state index in [0.717, 1.165) is 10.7 Å². The number of hydrogen-bond donors (Lipinski definition) is 1. The number of anilines is 1. The lowest BCUT2D eigenvalue weighted by molar-refractivity contribution is 0.101. The number of nitrogens with zero attached hydrogens (tertiary/aromatic N) is 4. The number of carbonyl (C=O) groups excluding carboxylic acids is 1. The fourth-order valence-electron chi connectivity index (χ4n) is 2.41. The van der Waals surface area contributed by atoms with Crippen LogP contribution in [-0.4, -0.2) is 20.7 Å². The highest BCUT2D eigenvalue weighted by atomic mass is 79.9. The minimum absolute atomic E-state index is 0.00818. The van der Waals surface area contributed by atoms with E-state index in [9.17, 15) is 14.4 Å². The molecule has 136 valence electrons. The van der Waals surface area contributed by atoms with Gasteiger partial charge in [-0.05, 0) is 46.6 Å². The molecule has 3 aromatic rings. The van der Waals surface area contributed by atoms with Gasteiger partial charge >= 0.3 is 0 Å². The molecule has 10 heteroatoms. The highest BCUT2D eigenvalue weighted by molar-refractivity contribution is 9.10. The molecule has 0 bridgehead atoms. The van der Waals surface area contributed by atoms with E-state index >= 15 is 0 Å². The third-order valence-corrected chi connectivity index (χ3v) is 4.37. The summed E-state index contributed by atoms with van der Waals surface area (Å²) >= 11 is 14.8. The number of benzene rings is 1. The van der Waals surface area contributed by atoms with Gasteiger partial charge in [0.2, 0.25) is 0 Å². The zero-order valence-electron chi connectivity index (χ0n) is 13.6. The first-order chi connectivity index (χ1) is 12.8. The molecule has 0 aliphatic rings. The van der Waals surface area contributed by atoms with E-state index < -0.39 is 11.7 Å². The van der Waals surface area contributed by atoms with Gasteiger partial charge in [-0.25, -0.2) is 14.1 Å². The second kappa shape index (κ2) is 7.64. The van der Waals surface area contributed by atoms with Crippen molar-refractivity contribution in [1.29, 1.82) is 5.26 Å². The fourth-order valence-corrected chi connectivity index (χ4v) is 3.21. The van der Waals surface area contributed by atoms with Crippen LogP contribution in [0.3, 0.4) is 0 Å². The molecule has 0 fully saturated rings. The van der Waals surface area contributed by atoms with Gasteiger partial charge in [-0.2, -0.15) is 10.4 Å². The average molecular weight is 469 g/mol. The largest absolute Gasteiger partial charge is 0.319 e. The zero-order valence-corrected chi connectivity index (χ0v) is 16.7. The van der Waals surface area contributed by atoms with Crippen molar-refractivity contribution in [2.24, 2.45) is 0 Å². The second-order valence-corrected chi connectivity index (χ2v) is 7.12. The topological polar surface area (TPSA) is 83.6 Å². The Bertz CT molecular complexity index is 1110. The Labute approximate surface area is 171 Å². The first-order valence-corrected chi connectivity index (χ1v) is 8.93. The summed E-state index contributed by atoms with van der Waals surface area (Å²) in [4.78, 5) is 16.7. The van der Waals surface area contributed by atoms with Crippen LogP contribution in [0.5, 0.6) is 0 Å². The predicted molar refractivity (Wildman–Crippen MR) is 103 cm³/mol. The molecule has 3 rings (SSSR count). The number of carbonyl (C=O) groups is 1. The van der Waals surface area contributed by atoms with Crippen molar-refractivity contribution in [1.82, 2.24) is 14.8 Å². The molecular formula is C17H9BrCl2FN5O. The summed E-state index contributed by atoms with van der Waals surface area (Å²) in [7, 11) is 0. The summed E-state index contributed by atoms with van der Waals surface area (Å²) in [5.41, 5.74) is 1.12. The molecule has 1 N–H and O–H groups in total. The van der Waals surface area contributed by atoms with E-state index in [4.69, 9.17) is 23.2 Å². The van der Waals surface area contributed by atoms with Gasteiger partial charge < -0.3 is 5.32 Å². The maximum atomic E-state index is 14.2. The van der Waals surface area contributed by atoms with Gasteiger partial charge in [-0.15, -0.1) is 0 Å². The molecule has 0 unspecified atom stereocenters. The molecule has 0 saturated carbocycles. The summed E-state index contributed by atoms with van der Waals surface area (Å²) < 4.78 is 15.6. The van der Waals surface area contributed by atoms with Crippen molar-refractivity contribution in [3.8, 4) is 11.9 Å². The molecule has 6 nitrogen and oxygen atoms in total. The van der Waals surface area contributed by atoms with Crippen molar-refractivity contribution in [2.45, 2.75) is 6.92 Å². The molecule has 2 aromatic heterocycles. The Morgan fingerprint density at radius 2 is 2.04 bits per heavy atom. The van der Waals surface area contributed by atoms with Crippen LogP contribution in [0.4, 0.5) is 10.1 Å². The predicted octanol–water partition coefficient (Wildman–Crippen LogP) is 4.91. The second-order valence-electron chi connectivity index (χ2n) is 5.43. The number of pyridine rings is 1. The highest BCUT2D eigenvalue weighted by Crippen LogP contribution is 2.26. The SMILES string of the molecule is Cc1cc(Cl)cc(C#N)c1NC(=O)c1cc(Br)nn1-c1ncc(Cl)cc1F. The van der Waals surface area contributed by atoms with Gasteiger partial charge in [0, 0.05) is 17.3 Å². The summed E-state index contributed by atoms with van der Waals surface area (Å²) in [6, 6.07) is 7.51. The van der Waals surface area contributed by atoms with Gasteiger partial charge in [0.05, 0.1) is 16.3 Å². The molecule has 0 atom stereocenters. The lowest BCUT2D eigenvalue weighted by atomic mass is 10.1. The average Bonchev–Trinajstić information content (AvgIpc) is 2.98. The minimum Gasteiger partial charge on any atom is -0.319 e. The quantitative estimate of drug-likeness (QED) is 0.591. The van der Waals surface area contributed by atoms with E-state index in [1.54, 1.807) is 13.0 Å². The van der Waals surface area contributed by atoms with E-state index in [0.29, 0.717) is 20.9 Å². The van der Waals surface area contributed by atoms with Crippen LogP contribution >= 0.6 is 39.1 Å². The molecule has 0 radical (unpaired) electrons. The number of halogens is 4. The van der Waals surface area contributed by atoms with Crippen molar-refractivity contribution in [2.75, 3.05) is 5.32 Å². The van der Waals surface area contributed by atoms with Crippen molar-refractivity contribution < 1.29 is 9.18 Å². The summed E-state index contributed by atoms with van der Waals surface area (Å²) in [5.74, 6) is -1.54. The van der Waals surface area contributed by atoms with Crippen LogP contribution < -0.4 is 5.32 Å². The van der Waals surface area contributed by atoms with Crippen LogP contribution in [0.15, 0.2) is 35.1 Å². The normalized spacial score (nSPS) is 10.5. The summed E-state index contributed by atoms with van der Waals surface area (Å²) in [5, 5.41) is 16.5. The third-order valence-electron chi connectivity index (χ3n) is 3.56. The standard InChI is InChI=1S/C17H9BrCl2FN5O/c1-8-2-10(19)3-9(6-22)15(8)24-17(27)13-5-14(18)25-26(13)16-12(21)4-11(20)7-23-16/h2-5,7H,1H3,(H,24,27). The highest BCUT2D eigenvalue weighted by Gasteiger charge is 2.21. The van der Waals surface area contributed by atoms with Crippen LogP contribution in [-0.2, 0) is 0 Å². The monoisotopic (exact) mass is 467 g/mol. The molecule has 1 aromatic carbocycles. The van der Waals surface area contributed by atoms with Crippen LogP contribution in [0, 0.1) is 24.1 Å². The van der Waals surface area contributed by atoms with Gasteiger partial charge in [0.25, 0.3) is 5.91 Å². The zero-order chi connectivity index (χ0) is 19.7. The van der Waals surface area contributed by atoms with Crippen molar-refractivity contribution in [3.63, 3.8) is 0 Å². The first kappa shape index (κ1) is 19.3. The molecular weight excluding hydrogens is 460 g/mol. The molecule has 0 spiro atoms. The molecule has 0 aliphatic carbocycles. The van der Waals surface area contributed by atoms with Gasteiger partial charge in [0.1, 0.15) is 16.4 Å². The summed E-state index contributed by atoms with van der Waals surface area (Å²) in [6.07, 6.45) is 1.24. The Morgan fingerprint density at radius 3 is 2.70 bits per heavy atom. The lowest BCUT2D eigenvalue weighted by Gasteiger charge is -2.12.